The third kappa shape index (κ3) is 2.28. The largest absolute Gasteiger partial charge is 0.481 e. The first-order valence-electron chi connectivity index (χ1n) is 6.44. The Kier molecular flexibility index (Phi) is 3.21. The van der Waals surface area contributed by atoms with Crippen LogP contribution in [0.15, 0.2) is 60.9 Å². The Balaban J connectivity index is 2.03. The number of carboxylic acids is 1. The number of imidazole rings is 1. The molecule has 100 valence electrons. The SMILES string of the molecule is O=C(O)C(Cc1ccccc1)c1cccc2nccn12. The van der Waals surface area contributed by atoms with E-state index in [1.165, 1.54) is 0 Å². The highest BCUT2D eigenvalue weighted by Gasteiger charge is 2.22. The van der Waals surface area contributed by atoms with Crippen LogP contribution in [0.1, 0.15) is 17.2 Å². The van der Waals surface area contributed by atoms with Crippen LogP contribution in [0.3, 0.4) is 0 Å². The quantitative estimate of drug-likeness (QED) is 0.790. The maximum atomic E-state index is 11.6. The van der Waals surface area contributed by atoms with Crippen molar-refractivity contribution in [1.82, 2.24) is 9.38 Å². The van der Waals surface area contributed by atoms with Gasteiger partial charge < -0.3 is 9.51 Å². The number of pyridine rings is 1. The van der Waals surface area contributed by atoms with Crippen LogP contribution in [0, 0.1) is 0 Å². The first kappa shape index (κ1) is 12.4. The van der Waals surface area contributed by atoms with E-state index < -0.39 is 11.9 Å². The molecule has 2 heterocycles. The van der Waals surface area contributed by atoms with Crippen LogP contribution in [0.5, 0.6) is 0 Å². The lowest BCUT2D eigenvalue weighted by Crippen LogP contribution is -2.17. The van der Waals surface area contributed by atoms with Gasteiger partial charge in [-0.3, -0.25) is 4.79 Å². The summed E-state index contributed by atoms with van der Waals surface area (Å²) in [6.07, 6.45) is 3.94. The molecule has 1 unspecified atom stereocenters. The summed E-state index contributed by atoms with van der Waals surface area (Å²) in [5.74, 6) is -1.41. The van der Waals surface area contributed by atoms with Crippen LogP contribution in [-0.2, 0) is 11.2 Å². The van der Waals surface area contributed by atoms with Crippen LogP contribution in [0.2, 0.25) is 0 Å². The monoisotopic (exact) mass is 266 g/mol. The summed E-state index contributed by atoms with van der Waals surface area (Å²) < 4.78 is 1.84. The molecule has 0 fully saturated rings. The van der Waals surface area contributed by atoms with Crippen LogP contribution >= 0.6 is 0 Å². The number of hydrogen-bond acceptors (Lipinski definition) is 2. The van der Waals surface area contributed by atoms with E-state index in [0.717, 1.165) is 16.9 Å². The predicted molar refractivity (Wildman–Crippen MR) is 75.7 cm³/mol. The molecule has 1 N–H and O–H groups in total. The van der Waals surface area contributed by atoms with Crippen molar-refractivity contribution in [3.05, 3.63) is 72.2 Å². The first-order valence-corrected chi connectivity index (χ1v) is 6.44. The smallest absolute Gasteiger partial charge is 0.312 e. The molecular weight excluding hydrogens is 252 g/mol. The number of benzene rings is 1. The van der Waals surface area contributed by atoms with Crippen molar-refractivity contribution in [3.8, 4) is 0 Å². The molecule has 0 saturated heterocycles. The number of hydrogen-bond donors (Lipinski definition) is 1. The third-order valence-electron chi connectivity index (χ3n) is 3.40. The molecule has 0 radical (unpaired) electrons. The second-order valence-electron chi connectivity index (χ2n) is 4.69. The van der Waals surface area contributed by atoms with E-state index in [1.807, 2.05) is 52.9 Å². The second-order valence-corrected chi connectivity index (χ2v) is 4.69. The van der Waals surface area contributed by atoms with Gasteiger partial charge >= 0.3 is 5.97 Å². The van der Waals surface area contributed by atoms with Gasteiger partial charge in [-0.25, -0.2) is 4.98 Å². The molecule has 0 spiro atoms. The van der Waals surface area contributed by atoms with E-state index in [2.05, 4.69) is 4.98 Å². The lowest BCUT2D eigenvalue weighted by Gasteiger charge is -2.14. The molecule has 4 heteroatoms. The van der Waals surface area contributed by atoms with Crippen LogP contribution in [0.4, 0.5) is 0 Å². The summed E-state index contributed by atoms with van der Waals surface area (Å²) in [7, 11) is 0. The van der Waals surface area contributed by atoms with E-state index in [9.17, 15) is 9.90 Å². The summed E-state index contributed by atoms with van der Waals surface area (Å²) in [6, 6.07) is 15.2. The van der Waals surface area contributed by atoms with Gasteiger partial charge in [0.25, 0.3) is 0 Å². The van der Waals surface area contributed by atoms with Gasteiger partial charge in [0.2, 0.25) is 0 Å². The van der Waals surface area contributed by atoms with Crippen LogP contribution in [-0.4, -0.2) is 20.5 Å². The lowest BCUT2D eigenvalue weighted by atomic mass is 9.95. The number of aromatic nitrogens is 2. The molecule has 3 aromatic rings. The fourth-order valence-corrected chi connectivity index (χ4v) is 2.42. The normalized spacial score (nSPS) is 12.4. The number of fused-ring (bicyclic) bond motifs is 1. The zero-order valence-electron chi connectivity index (χ0n) is 10.8. The molecule has 1 atom stereocenters. The van der Waals surface area contributed by atoms with Gasteiger partial charge in [-0.05, 0) is 24.1 Å². The molecular formula is C16H14N2O2. The molecule has 2 aromatic heterocycles. The summed E-state index contributed by atoms with van der Waals surface area (Å²) in [4.78, 5) is 15.8. The molecule has 20 heavy (non-hydrogen) atoms. The highest BCUT2D eigenvalue weighted by molar-refractivity contribution is 5.76. The Labute approximate surface area is 116 Å². The minimum absolute atomic E-state index is 0.466. The van der Waals surface area contributed by atoms with Crippen molar-refractivity contribution >= 4 is 11.6 Å². The van der Waals surface area contributed by atoms with Crippen molar-refractivity contribution in [2.45, 2.75) is 12.3 Å². The number of carbonyl (C=O) groups is 1. The number of carboxylic acid groups (broad SMARTS) is 1. The zero-order chi connectivity index (χ0) is 13.9. The van der Waals surface area contributed by atoms with Crippen LogP contribution < -0.4 is 0 Å². The minimum Gasteiger partial charge on any atom is -0.481 e. The molecule has 0 saturated carbocycles. The maximum Gasteiger partial charge on any atom is 0.312 e. The van der Waals surface area contributed by atoms with Crippen LogP contribution in [0.25, 0.3) is 5.65 Å². The zero-order valence-corrected chi connectivity index (χ0v) is 10.8. The predicted octanol–water partition coefficient (Wildman–Crippen LogP) is 2.75. The van der Waals surface area contributed by atoms with E-state index >= 15 is 0 Å². The fraction of sp³-hybridized carbons (Fsp3) is 0.125. The lowest BCUT2D eigenvalue weighted by molar-refractivity contribution is -0.138. The van der Waals surface area contributed by atoms with Gasteiger partial charge in [0.15, 0.2) is 0 Å². The Morgan fingerprint density at radius 3 is 2.70 bits per heavy atom. The minimum atomic E-state index is -0.824. The van der Waals surface area contributed by atoms with E-state index in [4.69, 9.17) is 0 Å². The Bertz CT molecular complexity index is 734. The standard InChI is InChI=1S/C16H14N2O2/c19-16(20)13(11-12-5-2-1-3-6-12)14-7-4-8-15-17-9-10-18(14)15/h1-10,13H,11H2,(H,19,20). The van der Waals surface area contributed by atoms with Crippen molar-refractivity contribution in [2.75, 3.05) is 0 Å². The number of rotatable bonds is 4. The van der Waals surface area contributed by atoms with Crippen molar-refractivity contribution < 1.29 is 9.90 Å². The second kappa shape index (κ2) is 5.17. The Hall–Kier alpha value is -2.62. The van der Waals surface area contributed by atoms with Gasteiger partial charge in [0.1, 0.15) is 11.6 Å². The van der Waals surface area contributed by atoms with Gasteiger partial charge in [-0.2, -0.15) is 0 Å². The molecule has 0 aliphatic carbocycles. The van der Waals surface area contributed by atoms with Gasteiger partial charge in [-0.1, -0.05) is 36.4 Å². The average Bonchev–Trinajstić information content (AvgIpc) is 2.94. The molecule has 0 amide bonds. The Morgan fingerprint density at radius 1 is 1.15 bits per heavy atom. The fourth-order valence-electron chi connectivity index (χ4n) is 2.42. The molecule has 0 aliphatic rings. The molecule has 1 aromatic carbocycles. The van der Waals surface area contributed by atoms with Gasteiger partial charge in [-0.15, -0.1) is 0 Å². The summed E-state index contributed by atoms with van der Waals surface area (Å²) in [6.45, 7) is 0. The van der Waals surface area contributed by atoms with Gasteiger partial charge in [0.05, 0.1) is 0 Å². The molecule has 0 bridgehead atoms. The Morgan fingerprint density at radius 2 is 1.95 bits per heavy atom. The maximum absolute atomic E-state index is 11.6. The van der Waals surface area contributed by atoms with E-state index in [1.54, 1.807) is 12.4 Å². The highest BCUT2D eigenvalue weighted by Crippen LogP contribution is 2.22. The van der Waals surface area contributed by atoms with E-state index in [-0.39, 0.29) is 0 Å². The van der Waals surface area contributed by atoms with Crippen molar-refractivity contribution in [3.63, 3.8) is 0 Å². The summed E-state index contributed by atoms with van der Waals surface area (Å²) in [5, 5.41) is 9.55. The molecule has 3 rings (SSSR count). The summed E-state index contributed by atoms with van der Waals surface area (Å²) >= 11 is 0. The molecule has 4 nitrogen and oxygen atoms in total. The van der Waals surface area contributed by atoms with E-state index in [0.29, 0.717) is 6.42 Å². The van der Waals surface area contributed by atoms with Crippen molar-refractivity contribution in [1.29, 1.82) is 0 Å². The average molecular weight is 266 g/mol. The third-order valence-corrected chi connectivity index (χ3v) is 3.40. The van der Waals surface area contributed by atoms with Gasteiger partial charge in [0, 0.05) is 18.1 Å². The highest BCUT2D eigenvalue weighted by atomic mass is 16.4. The topological polar surface area (TPSA) is 54.6 Å². The summed E-state index contributed by atoms with van der Waals surface area (Å²) in [5.41, 5.74) is 2.52. The first-order chi connectivity index (χ1) is 9.75. The van der Waals surface area contributed by atoms with Crippen molar-refractivity contribution in [2.24, 2.45) is 0 Å². The molecule has 0 aliphatic heterocycles. The number of aliphatic carboxylic acids is 1. The number of nitrogens with zero attached hydrogens (tertiary/aromatic N) is 2.